The highest BCUT2D eigenvalue weighted by Gasteiger charge is 2.30. The van der Waals surface area contributed by atoms with E-state index in [9.17, 15) is 18.0 Å². The lowest BCUT2D eigenvalue weighted by Gasteiger charge is -2.32. The minimum Gasteiger partial charge on any atom is -0.352 e. The molecule has 0 unspecified atom stereocenters. The lowest BCUT2D eigenvalue weighted by Crippen LogP contribution is -2.52. The molecule has 0 radical (unpaired) electrons. The highest BCUT2D eigenvalue weighted by molar-refractivity contribution is 7.92. The van der Waals surface area contributed by atoms with Crippen LogP contribution in [0.4, 0.5) is 5.69 Å². The van der Waals surface area contributed by atoms with Gasteiger partial charge in [-0.1, -0.05) is 41.9 Å². The van der Waals surface area contributed by atoms with Crippen LogP contribution in [-0.4, -0.2) is 50.0 Å². The van der Waals surface area contributed by atoms with Crippen molar-refractivity contribution in [2.45, 2.75) is 46.3 Å². The molecule has 0 saturated heterocycles. The summed E-state index contributed by atoms with van der Waals surface area (Å²) in [7, 11) is -3.78. The molecule has 0 aliphatic rings. The molecular formula is C23H30ClN3O4S. The number of amides is 2. The van der Waals surface area contributed by atoms with Crippen LogP contribution in [0.1, 0.15) is 31.9 Å². The van der Waals surface area contributed by atoms with Gasteiger partial charge in [0.25, 0.3) is 0 Å². The number of nitrogens with one attached hydrogen (secondary N) is 1. The lowest BCUT2D eigenvalue weighted by molar-refractivity contribution is -0.139. The Morgan fingerprint density at radius 3 is 2.28 bits per heavy atom. The van der Waals surface area contributed by atoms with E-state index in [4.69, 9.17) is 11.6 Å². The molecule has 2 aromatic rings. The summed E-state index contributed by atoms with van der Waals surface area (Å²) >= 11 is 6.03. The van der Waals surface area contributed by atoms with Crippen molar-refractivity contribution in [3.8, 4) is 0 Å². The highest BCUT2D eigenvalue weighted by Crippen LogP contribution is 2.23. The van der Waals surface area contributed by atoms with Crippen molar-refractivity contribution >= 4 is 39.1 Å². The van der Waals surface area contributed by atoms with Crippen molar-refractivity contribution in [1.29, 1.82) is 0 Å². The maximum atomic E-state index is 13.4. The first-order chi connectivity index (χ1) is 14.9. The largest absolute Gasteiger partial charge is 0.352 e. The van der Waals surface area contributed by atoms with Crippen LogP contribution < -0.4 is 9.62 Å². The Labute approximate surface area is 195 Å². The van der Waals surface area contributed by atoms with Gasteiger partial charge in [0.05, 0.1) is 11.9 Å². The van der Waals surface area contributed by atoms with Gasteiger partial charge >= 0.3 is 0 Å². The van der Waals surface area contributed by atoms with Crippen molar-refractivity contribution in [2.24, 2.45) is 0 Å². The molecule has 0 aliphatic heterocycles. The summed E-state index contributed by atoms with van der Waals surface area (Å²) in [6.45, 7) is 6.95. The topological polar surface area (TPSA) is 86.8 Å². The maximum Gasteiger partial charge on any atom is 0.244 e. The van der Waals surface area contributed by atoms with E-state index < -0.39 is 28.5 Å². The van der Waals surface area contributed by atoms with Crippen LogP contribution in [0.3, 0.4) is 0 Å². The number of nitrogens with zero attached hydrogens (tertiary/aromatic N) is 2. The second-order valence-electron chi connectivity index (χ2n) is 8.04. The summed E-state index contributed by atoms with van der Waals surface area (Å²) in [6, 6.07) is 12.9. The molecule has 0 aromatic heterocycles. The third-order valence-electron chi connectivity index (χ3n) is 4.98. The zero-order chi connectivity index (χ0) is 24.1. The van der Waals surface area contributed by atoms with E-state index in [1.807, 2.05) is 45.0 Å². The number of hydrogen-bond donors (Lipinski definition) is 1. The molecule has 174 valence electrons. The van der Waals surface area contributed by atoms with Gasteiger partial charge in [0.15, 0.2) is 0 Å². The molecule has 9 heteroatoms. The van der Waals surface area contributed by atoms with E-state index in [0.29, 0.717) is 5.02 Å². The summed E-state index contributed by atoms with van der Waals surface area (Å²) in [6.07, 6.45) is 1.03. The van der Waals surface area contributed by atoms with Crippen molar-refractivity contribution in [2.75, 3.05) is 17.1 Å². The molecule has 32 heavy (non-hydrogen) atoms. The van der Waals surface area contributed by atoms with Crippen molar-refractivity contribution < 1.29 is 18.0 Å². The summed E-state index contributed by atoms with van der Waals surface area (Å²) in [4.78, 5) is 27.5. The van der Waals surface area contributed by atoms with E-state index in [1.54, 1.807) is 25.1 Å². The van der Waals surface area contributed by atoms with E-state index in [-0.39, 0.29) is 24.2 Å². The predicted molar refractivity (Wildman–Crippen MR) is 128 cm³/mol. The fourth-order valence-electron chi connectivity index (χ4n) is 3.20. The Kier molecular flexibility index (Phi) is 8.69. The van der Waals surface area contributed by atoms with Crippen LogP contribution in [0.25, 0.3) is 0 Å². The Balaban J connectivity index is 2.40. The number of hydrogen-bond acceptors (Lipinski definition) is 4. The standard InChI is InChI=1S/C23H30ClN3O4S/c1-16(2)25-23(29)18(4)26(14-19-10-7-6-9-17(19)3)22(28)15-27(32(5,30)31)21-12-8-11-20(24)13-21/h6-13,16,18H,14-15H2,1-5H3,(H,25,29)/t18-/m0/s1. The highest BCUT2D eigenvalue weighted by atomic mass is 35.5. The molecule has 0 spiro atoms. The fraction of sp³-hybridized carbons (Fsp3) is 0.391. The van der Waals surface area contributed by atoms with Crippen molar-refractivity contribution in [3.05, 3.63) is 64.7 Å². The molecule has 0 fully saturated rings. The second-order valence-corrected chi connectivity index (χ2v) is 10.4. The minimum atomic E-state index is -3.78. The van der Waals surface area contributed by atoms with Crippen molar-refractivity contribution in [1.82, 2.24) is 10.2 Å². The SMILES string of the molecule is Cc1ccccc1CN(C(=O)CN(c1cccc(Cl)c1)S(C)(=O)=O)[C@@H](C)C(=O)NC(C)C. The number of carbonyl (C=O) groups is 2. The van der Waals surface area contributed by atoms with E-state index in [1.165, 1.54) is 11.0 Å². The first kappa shape index (κ1) is 25.7. The Morgan fingerprint density at radius 1 is 1.06 bits per heavy atom. The third-order valence-corrected chi connectivity index (χ3v) is 6.35. The number of benzene rings is 2. The smallest absolute Gasteiger partial charge is 0.244 e. The number of carbonyl (C=O) groups excluding carboxylic acids is 2. The van der Waals surface area contributed by atoms with Gasteiger partial charge in [-0.05, 0) is 57.0 Å². The molecule has 2 amide bonds. The number of aryl methyl sites for hydroxylation is 1. The minimum absolute atomic E-state index is 0.0978. The summed E-state index contributed by atoms with van der Waals surface area (Å²) in [5.41, 5.74) is 2.12. The first-order valence-corrected chi connectivity index (χ1v) is 12.5. The van der Waals surface area contributed by atoms with Gasteiger partial charge in [-0.3, -0.25) is 13.9 Å². The van der Waals surface area contributed by atoms with Gasteiger partial charge in [0.2, 0.25) is 21.8 Å². The molecule has 1 N–H and O–H groups in total. The molecule has 2 rings (SSSR count). The van der Waals surface area contributed by atoms with Gasteiger partial charge in [-0.15, -0.1) is 0 Å². The molecular weight excluding hydrogens is 450 g/mol. The van der Waals surface area contributed by atoms with Crippen molar-refractivity contribution in [3.63, 3.8) is 0 Å². The van der Waals surface area contributed by atoms with E-state index >= 15 is 0 Å². The molecule has 0 bridgehead atoms. The molecule has 2 aromatic carbocycles. The van der Waals surface area contributed by atoms with Crippen LogP contribution in [0.15, 0.2) is 48.5 Å². The number of sulfonamides is 1. The monoisotopic (exact) mass is 479 g/mol. The van der Waals surface area contributed by atoms with E-state index in [2.05, 4.69) is 5.32 Å². The number of rotatable bonds is 9. The molecule has 0 saturated carbocycles. The summed E-state index contributed by atoms with van der Waals surface area (Å²) in [5.74, 6) is -0.805. The first-order valence-electron chi connectivity index (χ1n) is 10.3. The Morgan fingerprint density at radius 2 is 1.72 bits per heavy atom. The lowest BCUT2D eigenvalue weighted by atomic mass is 10.1. The summed E-state index contributed by atoms with van der Waals surface area (Å²) in [5, 5.41) is 3.17. The number of anilines is 1. The molecule has 0 heterocycles. The normalized spacial score (nSPS) is 12.3. The van der Waals surface area contributed by atoms with Crippen LogP contribution >= 0.6 is 11.6 Å². The molecule has 0 aliphatic carbocycles. The van der Waals surface area contributed by atoms with Crippen LogP contribution in [0, 0.1) is 6.92 Å². The van der Waals surface area contributed by atoms with Gasteiger partial charge in [0, 0.05) is 17.6 Å². The second kappa shape index (κ2) is 10.8. The van der Waals surface area contributed by atoms with Gasteiger partial charge in [-0.25, -0.2) is 8.42 Å². The summed E-state index contributed by atoms with van der Waals surface area (Å²) < 4.78 is 26.0. The quantitative estimate of drug-likeness (QED) is 0.597. The van der Waals surface area contributed by atoms with Crippen LogP contribution in [-0.2, 0) is 26.2 Å². The number of halogens is 1. The Bertz CT molecular complexity index is 1070. The van der Waals surface area contributed by atoms with E-state index in [0.717, 1.165) is 21.7 Å². The van der Waals surface area contributed by atoms with Crippen LogP contribution in [0.5, 0.6) is 0 Å². The predicted octanol–water partition coefficient (Wildman–Crippen LogP) is 3.36. The zero-order valence-electron chi connectivity index (χ0n) is 19.0. The van der Waals surface area contributed by atoms with Crippen LogP contribution in [0.2, 0.25) is 5.02 Å². The zero-order valence-corrected chi connectivity index (χ0v) is 20.6. The maximum absolute atomic E-state index is 13.4. The van der Waals surface area contributed by atoms with Gasteiger partial charge in [0.1, 0.15) is 12.6 Å². The average Bonchev–Trinajstić information content (AvgIpc) is 2.69. The molecule has 7 nitrogen and oxygen atoms in total. The van der Waals surface area contributed by atoms with Gasteiger partial charge in [-0.2, -0.15) is 0 Å². The fourth-order valence-corrected chi connectivity index (χ4v) is 4.23. The third kappa shape index (κ3) is 6.97. The Hall–Kier alpha value is -2.58. The average molecular weight is 480 g/mol. The molecule has 1 atom stereocenters. The van der Waals surface area contributed by atoms with Gasteiger partial charge < -0.3 is 10.2 Å².